The van der Waals surface area contributed by atoms with E-state index in [1.807, 2.05) is 24.4 Å². The molecule has 0 aliphatic rings. The molecule has 0 spiro atoms. The first-order valence-electron chi connectivity index (χ1n) is 4.23. The molecular weight excluding hydrogens is 162 g/mol. The van der Waals surface area contributed by atoms with Crippen molar-refractivity contribution in [2.24, 2.45) is 0 Å². The second-order valence-corrected chi connectivity index (χ2v) is 2.93. The topological polar surface area (TPSA) is 22.1 Å². The van der Waals surface area contributed by atoms with Crippen LogP contribution in [0.25, 0.3) is 10.9 Å². The van der Waals surface area contributed by atoms with E-state index in [2.05, 4.69) is 17.1 Å². The van der Waals surface area contributed by atoms with E-state index in [-0.39, 0.29) is 0 Å². The molecule has 0 aliphatic heterocycles. The van der Waals surface area contributed by atoms with Crippen molar-refractivity contribution >= 4 is 10.9 Å². The van der Waals surface area contributed by atoms with E-state index in [1.165, 1.54) is 0 Å². The number of hydrogen-bond acceptors (Lipinski definition) is 2. The summed E-state index contributed by atoms with van der Waals surface area (Å²) in [6.07, 6.45) is 1.81. The first-order chi connectivity index (χ1) is 6.42. The van der Waals surface area contributed by atoms with Gasteiger partial charge in [-0.05, 0) is 6.07 Å². The number of pyridine rings is 1. The highest BCUT2D eigenvalue weighted by molar-refractivity contribution is 5.81. The highest BCUT2D eigenvalue weighted by Gasteiger charge is 1.99. The predicted octanol–water partition coefficient (Wildman–Crippen LogP) is 2.38. The normalized spacial score (nSPS) is 10.5. The monoisotopic (exact) mass is 173 g/mol. The quantitative estimate of drug-likeness (QED) is 0.695. The van der Waals surface area contributed by atoms with Crippen molar-refractivity contribution in [3.8, 4) is 0 Å². The molecule has 0 saturated heterocycles. The minimum atomic E-state index is 0.619. The van der Waals surface area contributed by atoms with Crippen LogP contribution in [0.3, 0.4) is 0 Å². The molecule has 0 bridgehead atoms. The van der Waals surface area contributed by atoms with Crippen molar-refractivity contribution in [3.63, 3.8) is 0 Å². The molecule has 0 aliphatic carbocycles. The van der Waals surface area contributed by atoms with Crippen LogP contribution >= 0.6 is 0 Å². The van der Waals surface area contributed by atoms with Crippen molar-refractivity contribution in [1.82, 2.24) is 4.98 Å². The van der Waals surface area contributed by atoms with E-state index < -0.39 is 0 Å². The van der Waals surface area contributed by atoms with Crippen LogP contribution in [-0.2, 0) is 11.3 Å². The van der Waals surface area contributed by atoms with Crippen molar-refractivity contribution in [2.45, 2.75) is 6.61 Å². The van der Waals surface area contributed by atoms with Gasteiger partial charge in [-0.3, -0.25) is 4.98 Å². The highest BCUT2D eigenvalue weighted by Crippen LogP contribution is 2.15. The van der Waals surface area contributed by atoms with E-state index in [4.69, 9.17) is 4.74 Å². The molecule has 2 aromatic rings. The number of rotatable bonds is 2. The van der Waals surface area contributed by atoms with Crippen molar-refractivity contribution < 1.29 is 4.74 Å². The van der Waals surface area contributed by atoms with Crippen molar-refractivity contribution in [2.75, 3.05) is 7.11 Å². The van der Waals surface area contributed by atoms with Gasteiger partial charge in [0.1, 0.15) is 0 Å². The fourth-order valence-corrected chi connectivity index (χ4v) is 1.44. The zero-order valence-electron chi connectivity index (χ0n) is 7.53. The Bertz CT molecular complexity index is 406. The Hall–Kier alpha value is -1.41. The molecule has 66 valence electrons. The lowest BCUT2D eigenvalue weighted by Gasteiger charge is -2.03. The Morgan fingerprint density at radius 2 is 2.08 bits per heavy atom. The maximum Gasteiger partial charge on any atom is 0.0757 e. The van der Waals surface area contributed by atoms with E-state index in [9.17, 15) is 0 Å². The van der Waals surface area contributed by atoms with Gasteiger partial charge in [0.15, 0.2) is 0 Å². The van der Waals surface area contributed by atoms with Gasteiger partial charge < -0.3 is 4.74 Å². The standard InChI is InChI=1S/C11H11NO/c1-13-8-10-5-2-4-9-6-3-7-12-11(9)10/h2-7H,8H2,1H3. The molecule has 1 heterocycles. The van der Waals surface area contributed by atoms with Crippen LogP contribution in [0.15, 0.2) is 36.5 Å². The molecule has 0 amide bonds. The molecule has 0 N–H and O–H groups in total. The van der Waals surface area contributed by atoms with Crippen LogP contribution < -0.4 is 0 Å². The van der Waals surface area contributed by atoms with Gasteiger partial charge in [-0.25, -0.2) is 0 Å². The minimum Gasteiger partial charge on any atom is -0.380 e. The van der Waals surface area contributed by atoms with Crippen LogP contribution in [0.2, 0.25) is 0 Å². The van der Waals surface area contributed by atoms with Crippen LogP contribution in [0.4, 0.5) is 0 Å². The average Bonchev–Trinajstić information content (AvgIpc) is 2.19. The van der Waals surface area contributed by atoms with Gasteiger partial charge in [-0.15, -0.1) is 0 Å². The minimum absolute atomic E-state index is 0.619. The molecule has 2 nitrogen and oxygen atoms in total. The maximum absolute atomic E-state index is 5.10. The Labute approximate surface area is 77.2 Å². The average molecular weight is 173 g/mol. The van der Waals surface area contributed by atoms with Gasteiger partial charge >= 0.3 is 0 Å². The predicted molar refractivity (Wildman–Crippen MR) is 52.5 cm³/mol. The van der Waals surface area contributed by atoms with E-state index in [0.29, 0.717) is 6.61 Å². The van der Waals surface area contributed by atoms with Crippen LogP contribution in [0.5, 0.6) is 0 Å². The lowest BCUT2D eigenvalue weighted by Crippen LogP contribution is -1.90. The fourth-order valence-electron chi connectivity index (χ4n) is 1.44. The molecular formula is C11H11NO. The zero-order valence-corrected chi connectivity index (χ0v) is 7.53. The van der Waals surface area contributed by atoms with E-state index >= 15 is 0 Å². The number of ether oxygens (including phenoxy) is 1. The zero-order chi connectivity index (χ0) is 9.10. The van der Waals surface area contributed by atoms with E-state index in [1.54, 1.807) is 7.11 Å². The van der Waals surface area contributed by atoms with Crippen LogP contribution in [0, 0.1) is 0 Å². The summed E-state index contributed by atoms with van der Waals surface area (Å²) in [7, 11) is 1.70. The summed E-state index contributed by atoms with van der Waals surface area (Å²) in [5.41, 5.74) is 2.17. The van der Waals surface area contributed by atoms with Crippen molar-refractivity contribution in [3.05, 3.63) is 42.1 Å². The number of nitrogens with zero attached hydrogens (tertiary/aromatic N) is 1. The molecule has 1 aromatic heterocycles. The van der Waals surface area contributed by atoms with Gasteiger partial charge in [0.2, 0.25) is 0 Å². The lowest BCUT2D eigenvalue weighted by molar-refractivity contribution is 0.186. The molecule has 13 heavy (non-hydrogen) atoms. The van der Waals surface area contributed by atoms with Gasteiger partial charge in [0, 0.05) is 24.3 Å². The van der Waals surface area contributed by atoms with Gasteiger partial charge in [0.05, 0.1) is 12.1 Å². The number of aromatic nitrogens is 1. The van der Waals surface area contributed by atoms with Gasteiger partial charge in [-0.1, -0.05) is 24.3 Å². The summed E-state index contributed by atoms with van der Waals surface area (Å²) < 4.78 is 5.10. The summed E-state index contributed by atoms with van der Waals surface area (Å²) in [6.45, 7) is 0.619. The Balaban J connectivity index is 2.61. The Kier molecular flexibility index (Phi) is 2.23. The fraction of sp³-hybridized carbons (Fsp3) is 0.182. The summed E-state index contributed by atoms with van der Waals surface area (Å²) in [4.78, 5) is 4.32. The van der Waals surface area contributed by atoms with E-state index in [0.717, 1.165) is 16.5 Å². The number of para-hydroxylation sites is 1. The Morgan fingerprint density at radius 1 is 1.23 bits per heavy atom. The summed E-state index contributed by atoms with van der Waals surface area (Å²) in [5.74, 6) is 0. The summed E-state index contributed by atoms with van der Waals surface area (Å²) in [5, 5.41) is 1.16. The molecule has 0 saturated carbocycles. The Morgan fingerprint density at radius 3 is 2.92 bits per heavy atom. The molecule has 0 unspecified atom stereocenters. The second kappa shape index (κ2) is 3.54. The lowest BCUT2D eigenvalue weighted by atomic mass is 10.1. The second-order valence-electron chi connectivity index (χ2n) is 2.93. The first kappa shape index (κ1) is 8.20. The van der Waals surface area contributed by atoms with Crippen LogP contribution in [0.1, 0.15) is 5.56 Å². The molecule has 0 radical (unpaired) electrons. The SMILES string of the molecule is COCc1cccc2cccnc12. The summed E-state index contributed by atoms with van der Waals surface area (Å²) in [6, 6.07) is 10.1. The highest BCUT2D eigenvalue weighted by atomic mass is 16.5. The maximum atomic E-state index is 5.10. The third kappa shape index (κ3) is 1.53. The third-order valence-corrected chi connectivity index (χ3v) is 2.02. The summed E-state index contributed by atoms with van der Waals surface area (Å²) >= 11 is 0. The molecule has 2 rings (SSSR count). The van der Waals surface area contributed by atoms with Crippen molar-refractivity contribution in [1.29, 1.82) is 0 Å². The molecule has 0 fully saturated rings. The largest absolute Gasteiger partial charge is 0.380 e. The van der Waals surface area contributed by atoms with Gasteiger partial charge in [-0.2, -0.15) is 0 Å². The molecule has 0 atom stereocenters. The number of benzene rings is 1. The number of hydrogen-bond donors (Lipinski definition) is 0. The number of fused-ring (bicyclic) bond motifs is 1. The number of methoxy groups -OCH3 is 1. The van der Waals surface area contributed by atoms with Crippen LogP contribution in [-0.4, -0.2) is 12.1 Å². The third-order valence-electron chi connectivity index (χ3n) is 2.02. The van der Waals surface area contributed by atoms with Gasteiger partial charge in [0.25, 0.3) is 0 Å². The molecule has 1 aromatic carbocycles. The first-order valence-corrected chi connectivity index (χ1v) is 4.23. The molecule has 2 heteroatoms. The smallest absolute Gasteiger partial charge is 0.0757 e.